The van der Waals surface area contributed by atoms with Crippen LogP contribution in [0, 0.1) is 10.1 Å². The van der Waals surface area contributed by atoms with Crippen molar-refractivity contribution in [1.82, 2.24) is 0 Å². The largest absolute Gasteiger partial charge is 0.454 e. The molecule has 2 rings (SSSR count). The average Bonchev–Trinajstić information content (AvgIpc) is 2.59. The lowest BCUT2D eigenvalue weighted by Crippen LogP contribution is -2.14. The van der Waals surface area contributed by atoms with E-state index in [0.717, 1.165) is 0 Å². The van der Waals surface area contributed by atoms with Crippen LogP contribution in [-0.2, 0) is 9.53 Å². The van der Waals surface area contributed by atoms with E-state index in [2.05, 4.69) is 0 Å². The van der Waals surface area contributed by atoms with Gasteiger partial charge in [-0.15, -0.1) is 0 Å². The smallest absolute Gasteiger partial charge is 0.338 e. The maximum absolute atomic E-state index is 12.0. The summed E-state index contributed by atoms with van der Waals surface area (Å²) in [5.41, 5.74) is 0.233. The number of hydrogen-bond acceptors (Lipinski definition) is 7. The molecule has 0 bridgehead atoms. The number of nitrogens with zero attached hydrogens (tertiary/aromatic N) is 1. The zero-order chi connectivity index (χ0) is 18.4. The first-order valence-corrected chi connectivity index (χ1v) is 7.10. The van der Waals surface area contributed by atoms with Crippen LogP contribution in [0.4, 0.5) is 5.69 Å². The van der Waals surface area contributed by atoms with Gasteiger partial charge < -0.3 is 9.47 Å². The van der Waals surface area contributed by atoms with Crippen molar-refractivity contribution in [2.24, 2.45) is 0 Å². The molecular weight excluding hydrogens is 330 g/mol. The second kappa shape index (κ2) is 7.82. The van der Waals surface area contributed by atoms with Gasteiger partial charge in [0.05, 0.1) is 10.5 Å². The van der Waals surface area contributed by atoms with Gasteiger partial charge in [-0.05, 0) is 36.4 Å². The highest BCUT2D eigenvalue weighted by Crippen LogP contribution is 2.14. The Kier molecular flexibility index (Phi) is 5.57. The third-order valence-corrected chi connectivity index (χ3v) is 3.09. The van der Waals surface area contributed by atoms with Crippen molar-refractivity contribution in [3.8, 4) is 5.75 Å². The summed E-state index contributed by atoms with van der Waals surface area (Å²) in [5, 5.41) is 10.6. The Labute approximate surface area is 142 Å². The molecule has 0 unspecified atom stereocenters. The van der Waals surface area contributed by atoms with Crippen molar-refractivity contribution >= 4 is 23.4 Å². The van der Waals surface area contributed by atoms with Crippen molar-refractivity contribution in [3.63, 3.8) is 0 Å². The van der Waals surface area contributed by atoms with Gasteiger partial charge in [0.25, 0.3) is 5.69 Å². The minimum atomic E-state index is -0.764. The summed E-state index contributed by atoms with van der Waals surface area (Å²) in [4.78, 5) is 44.6. The molecular formula is C17H13NO7. The molecule has 0 N–H and O–H groups in total. The summed E-state index contributed by atoms with van der Waals surface area (Å²) < 4.78 is 9.74. The summed E-state index contributed by atoms with van der Waals surface area (Å²) in [6, 6.07) is 10.6. The minimum absolute atomic E-state index is 0.101. The van der Waals surface area contributed by atoms with Crippen LogP contribution in [0.25, 0.3) is 0 Å². The van der Waals surface area contributed by atoms with E-state index in [4.69, 9.17) is 9.47 Å². The Morgan fingerprint density at radius 1 is 0.960 bits per heavy atom. The molecule has 0 aliphatic rings. The van der Waals surface area contributed by atoms with Gasteiger partial charge in [-0.1, -0.05) is 0 Å². The zero-order valence-corrected chi connectivity index (χ0v) is 13.1. The fraction of sp³-hybridized carbons (Fsp3) is 0.118. The lowest BCUT2D eigenvalue weighted by Gasteiger charge is -2.05. The van der Waals surface area contributed by atoms with Crippen molar-refractivity contribution < 1.29 is 28.8 Å². The number of benzene rings is 2. The fourth-order valence-electron chi connectivity index (χ4n) is 1.89. The number of nitro groups is 1. The highest BCUT2D eigenvalue weighted by Gasteiger charge is 2.13. The lowest BCUT2D eigenvalue weighted by atomic mass is 10.1. The predicted molar refractivity (Wildman–Crippen MR) is 85.5 cm³/mol. The Bertz CT molecular complexity index is 810. The number of carbonyl (C=O) groups excluding carboxylic acids is 3. The monoisotopic (exact) mass is 343 g/mol. The van der Waals surface area contributed by atoms with Gasteiger partial charge in [0, 0.05) is 24.6 Å². The molecule has 0 fully saturated rings. The molecule has 0 radical (unpaired) electrons. The second-order valence-electron chi connectivity index (χ2n) is 4.92. The predicted octanol–water partition coefficient (Wildman–Crippen LogP) is 2.56. The Morgan fingerprint density at radius 2 is 1.52 bits per heavy atom. The molecule has 0 spiro atoms. The first-order valence-electron chi connectivity index (χ1n) is 7.10. The topological polar surface area (TPSA) is 113 Å². The number of Topliss-reactive ketones (excluding diaryl/α,β-unsaturated/α-hetero) is 1. The Hall–Kier alpha value is -3.55. The molecule has 2 aromatic carbocycles. The number of nitro benzene ring substituents is 1. The third-order valence-electron chi connectivity index (χ3n) is 3.09. The molecule has 0 aromatic heterocycles. The molecule has 8 nitrogen and oxygen atoms in total. The number of rotatable bonds is 6. The van der Waals surface area contributed by atoms with Crippen LogP contribution >= 0.6 is 0 Å². The van der Waals surface area contributed by atoms with Crippen LogP contribution in [0.1, 0.15) is 27.6 Å². The van der Waals surface area contributed by atoms with E-state index in [0.29, 0.717) is 5.75 Å². The molecule has 8 heteroatoms. The van der Waals surface area contributed by atoms with Crippen LogP contribution in [-0.4, -0.2) is 29.3 Å². The molecule has 0 saturated carbocycles. The van der Waals surface area contributed by atoms with E-state index in [1.807, 2.05) is 0 Å². The number of ketones is 1. The molecule has 2 aromatic rings. The van der Waals surface area contributed by atoms with Crippen LogP contribution in [0.5, 0.6) is 5.75 Å². The van der Waals surface area contributed by atoms with Gasteiger partial charge >= 0.3 is 11.9 Å². The number of ether oxygens (including phenoxy) is 2. The number of hydrogen-bond donors (Lipinski definition) is 0. The summed E-state index contributed by atoms with van der Waals surface area (Å²) in [5.74, 6) is -1.38. The third kappa shape index (κ3) is 4.96. The highest BCUT2D eigenvalue weighted by molar-refractivity contribution is 5.99. The lowest BCUT2D eigenvalue weighted by molar-refractivity contribution is -0.384. The standard InChI is InChI=1S/C17H13NO7/c1-11(19)25-15-8-4-12(5-9-15)16(20)10-24-17(21)13-2-6-14(7-3-13)18(22)23/h2-9H,10H2,1H3. The minimum Gasteiger partial charge on any atom is -0.454 e. The molecule has 0 heterocycles. The highest BCUT2D eigenvalue weighted by atomic mass is 16.6. The molecule has 128 valence electrons. The number of non-ortho nitro benzene ring substituents is 1. The molecule has 0 aliphatic heterocycles. The fourth-order valence-corrected chi connectivity index (χ4v) is 1.89. The quantitative estimate of drug-likeness (QED) is 0.260. The van der Waals surface area contributed by atoms with Crippen molar-refractivity contribution in [2.45, 2.75) is 6.92 Å². The van der Waals surface area contributed by atoms with E-state index < -0.39 is 29.3 Å². The first kappa shape index (κ1) is 17.8. The average molecular weight is 343 g/mol. The SMILES string of the molecule is CC(=O)Oc1ccc(C(=O)COC(=O)c2ccc([N+](=O)[O-])cc2)cc1. The normalized spacial score (nSPS) is 9.96. The van der Waals surface area contributed by atoms with Crippen molar-refractivity contribution in [2.75, 3.05) is 6.61 Å². The van der Waals surface area contributed by atoms with Gasteiger partial charge in [0.15, 0.2) is 12.4 Å². The molecule has 0 aliphatic carbocycles. The van der Waals surface area contributed by atoms with Gasteiger partial charge in [0.2, 0.25) is 0 Å². The molecule has 25 heavy (non-hydrogen) atoms. The van der Waals surface area contributed by atoms with Crippen LogP contribution in [0.15, 0.2) is 48.5 Å². The van der Waals surface area contributed by atoms with Gasteiger partial charge in [0.1, 0.15) is 5.75 Å². The van der Waals surface area contributed by atoms with Crippen LogP contribution in [0.2, 0.25) is 0 Å². The number of esters is 2. The molecule has 0 saturated heterocycles. The van der Waals surface area contributed by atoms with E-state index in [-0.39, 0.29) is 16.8 Å². The van der Waals surface area contributed by atoms with Crippen molar-refractivity contribution in [1.29, 1.82) is 0 Å². The van der Waals surface area contributed by atoms with E-state index >= 15 is 0 Å². The number of carbonyl (C=O) groups is 3. The second-order valence-corrected chi connectivity index (χ2v) is 4.92. The summed E-state index contributed by atoms with van der Waals surface area (Å²) in [6.45, 7) is 0.777. The first-order chi connectivity index (χ1) is 11.9. The zero-order valence-electron chi connectivity index (χ0n) is 13.1. The van der Waals surface area contributed by atoms with E-state index in [1.165, 1.54) is 55.5 Å². The Morgan fingerprint density at radius 3 is 2.04 bits per heavy atom. The maximum atomic E-state index is 12.0. The van der Waals surface area contributed by atoms with Crippen LogP contribution in [0.3, 0.4) is 0 Å². The summed E-state index contributed by atoms with van der Waals surface area (Å²) in [6.07, 6.45) is 0. The molecule has 0 atom stereocenters. The Balaban J connectivity index is 1.93. The van der Waals surface area contributed by atoms with Gasteiger partial charge in [-0.25, -0.2) is 4.79 Å². The van der Waals surface area contributed by atoms with Gasteiger partial charge in [-0.3, -0.25) is 19.7 Å². The van der Waals surface area contributed by atoms with E-state index in [9.17, 15) is 24.5 Å². The maximum Gasteiger partial charge on any atom is 0.338 e. The van der Waals surface area contributed by atoms with E-state index in [1.54, 1.807) is 0 Å². The van der Waals surface area contributed by atoms with Crippen molar-refractivity contribution in [3.05, 3.63) is 69.8 Å². The van der Waals surface area contributed by atoms with Gasteiger partial charge in [-0.2, -0.15) is 0 Å². The molecule has 0 amide bonds. The summed E-state index contributed by atoms with van der Waals surface area (Å²) in [7, 11) is 0. The summed E-state index contributed by atoms with van der Waals surface area (Å²) >= 11 is 0. The van der Waals surface area contributed by atoms with Crippen LogP contribution < -0.4 is 4.74 Å².